The maximum atomic E-state index is 13.0. The summed E-state index contributed by atoms with van der Waals surface area (Å²) in [5.41, 5.74) is 2.86. The molecule has 1 aliphatic rings. The Morgan fingerprint density at radius 1 is 1.23 bits per heavy atom. The van der Waals surface area contributed by atoms with Crippen molar-refractivity contribution in [2.45, 2.75) is 31.2 Å². The average Bonchev–Trinajstić information content (AvgIpc) is 3.42. The van der Waals surface area contributed by atoms with E-state index in [1.54, 1.807) is 27.0 Å². The van der Waals surface area contributed by atoms with Crippen molar-refractivity contribution < 1.29 is 4.79 Å². The van der Waals surface area contributed by atoms with Crippen molar-refractivity contribution >= 4 is 44.9 Å². The Hall–Kier alpha value is -2.91. The molecule has 4 aromatic rings. The van der Waals surface area contributed by atoms with E-state index < -0.39 is 0 Å². The van der Waals surface area contributed by atoms with Crippen LogP contribution in [0.25, 0.3) is 15.9 Å². The Balaban J connectivity index is 1.37. The Morgan fingerprint density at radius 2 is 2.03 bits per heavy atom. The highest BCUT2D eigenvalue weighted by molar-refractivity contribution is 8.00. The number of carbonyl (C=O) groups excluding carboxylic acids is 1. The normalized spacial score (nSPS) is 13.0. The van der Waals surface area contributed by atoms with E-state index in [1.807, 2.05) is 44.3 Å². The number of aromatic nitrogens is 4. The van der Waals surface area contributed by atoms with Gasteiger partial charge in [-0.25, -0.2) is 14.6 Å². The molecule has 0 fully saturated rings. The third kappa shape index (κ3) is 3.47. The van der Waals surface area contributed by atoms with E-state index in [2.05, 4.69) is 15.3 Å². The highest BCUT2D eigenvalue weighted by atomic mass is 32.2. The van der Waals surface area contributed by atoms with Gasteiger partial charge in [0.2, 0.25) is 5.91 Å². The summed E-state index contributed by atoms with van der Waals surface area (Å²) in [6, 6.07) is 9.38. The van der Waals surface area contributed by atoms with Crippen LogP contribution in [-0.4, -0.2) is 31.0 Å². The molecule has 0 bridgehead atoms. The van der Waals surface area contributed by atoms with Gasteiger partial charge in [-0.05, 0) is 43.9 Å². The van der Waals surface area contributed by atoms with Gasteiger partial charge >= 0.3 is 0 Å². The summed E-state index contributed by atoms with van der Waals surface area (Å²) >= 11 is 3.13. The van der Waals surface area contributed by atoms with E-state index in [1.165, 1.54) is 22.2 Å². The molecule has 0 aliphatic heterocycles. The van der Waals surface area contributed by atoms with E-state index in [0.29, 0.717) is 11.4 Å². The fourth-order valence-electron chi connectivity index (χ4n) is 4.03. The summed E-state index contributed by atoms with van der Waals surface area (Å²) in [6.07, 6.45) is 4.87. The highest BCUT2D eigenvalue weighted by Crippen LogP contribution is 2.40. The van der Waals surface area contributed by atoms with Gasteiger partial charge in [0.25, 0.3) is 5.56 Å². The Morgan fingerprint density at radius 3 is 2.84 bits per heavy atom. The molecule has 0 unspecified atom stereocenters. The molecule has 3 heterocycles. The zero-order valence-electron chi connectivity index (χ0n) is 17.2. The van der Waals surface area contributed by atoms with Crippen molar-refractivity contribution in [3.05, 3.63) is 63.1 Å². The predicted molar refractivity (Wildman–Crippen MR) is 125 cm³/mol. The van der Waals surface area contributed by atoms with Crippen LogP contribution in [0.1, 0.15) is 22.6 Å². The number of amides is 1. The molecule has 0 atom stereocenters. The Labute approximate surface area is 187 Å². The first-order valence-electron chi connectivity index (χ1n) is 10.1. The van der Waals surface area contributed by atoms with Crippen molar-refractivity contribution in [1.82, 2.24) is 19.3 Å². The average molecular weight is 452 g/mol. The maximum absolute atomic E-state index is 13.0. The molecule has 3 aromatic heterocycles. The van der Waals surface area contributed by atoms with Crippen molar-refractivity contribution in [1.29, 1.82) is 0 Å². The largest absolute Gasteiger partial charge is 0.319 e. The van der Waals surface area contributed by atoms with E-state index >= 15 is 0 Å². The smallest absolute Gasteiger partial charge is 0.295 e. The van der Waals surface area contributed by atoms with Gasteiger partial charge in [-0.15, -0.1) is 11.3 Å². The van der Waals surface area contributed by atoms with Crippen molar-refractivity contribution in [3.63, 3.8) is 0 Å². The molecule has 9 heteroatoms. The van der Waals surface area contributed by atoms with Gasteiger partial charge in [-0.3, -0.25) is 14.3 Å². The molecule has 1 aromatic carbocycles. The van der Waals surface area contributed by atoms with Crippen LogP contribution in [0.5, 0.6) is 0 Å². The number of benzene rings is 1. The lowest BCUT2D eigenvalue weighted by Crippen LogP contribution is -2.23. The van der Waals surface area contributed by atoms with Crippen LogP contribution in [0.2, 0.25) is 0 Å². The summed E-state index contributed by atoms with van der Waals surface area (Å²) in [4.78, 5) is 36.9. The number of nitrogens with one attached hydrogen (secondary N) is 1. The molecule has 0 spiro atoms. The third-order valence-electron chi connectivity index (χ3n) is 5.63. The lowest BCUT2D eigenvalue weighted by molar-refractivity contribution is -0.113. The number of hydrogen-bond acceptors (Lipinski definition) is 6. The molecule has 0 saturated heterocycles. The van der Waals surface area contributed by atoms with Crippen molar-refractivity contribution in [2.24, 2.45) is 7.05 Å². The molecular weight excluding hydrogens is 430 g/mol. The fraction of sp³-hybridized carbons (Fsp3) is 0.273. The van der Waals surface area contributed by atoms with Gasteiger partial charge in [0, 0.05) is 17.3 Å². The monoisotopic (exact) mass is 451 g/mol. The molecule has 5 rings (SSSR count). The number of hydrogen-bond donors (Lipinski definition) is 1. The molecule has 0 saturated carbocycles. The minimum absolute atomic E-state index is 0.176. The lowest BCUT2D eigenvalue weighted by atomic mass is 10.2. The molecule has 31 heavy (non-hydrogen) atoms. The first-order chi connectivity index (χ1) is 15.0. The number of carbonyl (C=O) groups is 1. The van der Waals surface area contributed by atoms with E-state index in [9.17, 15) is 9.59 Å². The summed E-state index contributed by atoms with van der Waals surface area (Å²) in [5.74, 6) is -0.0507. The Kier molecular flexibility index (Phi) is 5.15. The second-order valence-electron chi connectivity index (χ2n) is 7.49. The van der Waals surface area contributed by atoms with Crippen LogP contribution >= 0.6 is 23.1 Å². The molecule has 1 N–H and O–H groups in total. The predicted octanol–water partition coefficient (Wildman–Crippen LogP) is 3.71. The van der Waals surface area contributed by atoms with Crippen LogP contribution in [0.4, 0.5) is 5.69 Å². The van der Waals surface area contributed by atoms with Crippen LogP contribution in [0.15, 0.2) is 46.5 Å². The third-order valence-corrected chi connectivity index (χ3v) is 7.81. The maximum Gasteiger partial charge on any atom is 0.295 e. The molecule has 0 radical (unpaired) electrons. The zero-order valence-corrected chi connectivity index (χ0v) is 18.8. The Bertz CT molecular complexity index is 1350. The summed E-state index contributed by atoms with van der Waals surface area (Å²) in [5, 5.41) is 4.76. The quantitative estimate of drug-likeness (QED) is 0.370. The second kappa shape index (κ2) is 7.97. The molecule has 1 aliphatic carbocycles. The van der Waals surface area contributed by atoms with E-state index in [-0.39, 0.29) is 17.2 Å². The molecule has 158 valence electrons. The molecular formula is C22H21N5O2S2. The second-order valence-corrected chi connectivity index (χ2v) is 9.54. The number of fused-ring (bicyclic) bond motifs is 3. The lowest BCUT2D eigenvalue weighted by Gasteiger charge is -2.07. The van der Waals surface area contributed by atoms with Gasteiger partial charge in [0.1, 0.15) is 21.9 Å². The number of rotatable bonds is 5. The first kappa shape index (κ1) is 20.0. The zero-order chi connectivity index (χ0) is 21.5. The number of aryl methyl sites for hydroxylation is 2. The topological polar surface area (TPSA) is 81.8 Å². The van der Waals surface area contributed by atoms with Gasteiger partial charge in [0.05, 0.1) is 17.1 Å². The van der Waals surface area contributed by atoms with Crippen molar-refractivity contribution in [2.75, 3.05) is 11.1 Å². The van der Waals surface area contributed by atoms with Gasteiger partial charge in [-0.1, -0.05) is 30.0 Å². The summed E-state index contributed by atoms with van der Waals surface area (Å²) < 4.78 is 3.31. The minimum atomic E-state index is -0.246. The van der Waals surface area contributed by atoms with Gasteiger partial charge in [0.15, 0.2) is 0 Å². The first-order valence-corrected chi connectivity index (χ1v) is 11.9. The minimum Gasteiger partial charge on any atom is -0.319 e. The summed E-state index contributed by atoms with van der Waals surface area (Å²) in [6.45, 7) is 1.83. The van der Waals surface area contributed by atoms with E-state index in [4.69, 9.17) is 0 Å². The number of para-hydroxylation sites is 1. The molecule has 7 nitrogen and oxygen atoms in total. The summed E-state index contributed by atoms with van der Waals surface area (Å²) in [7, 11) is 1.81. The van der Waals surface area contributed by atoms with Gasteiger partial charge < -0.3 is 5.32 Å². The number of nitrogens with zero attached hydrogens (tertiary/aromatic N) is 4. The van der Waals surface area contributed by atoms with Crippen LogP contribution in [0.3, 0.4) is 0 Å². The van der Waals surface area contributed by atoms with Crippen LogP contribution < -0.4 is 10.9 Å². The van der Waals surface area contributed by atoms with Gasteiger partial charge in [-0.2, -0.15) is 0 Å². The SMILES string of the molecule is Cc1c(NC(=O)CSc2ncnc3sc4c(c23)CCC4)c(=O)n(-c2ccccc2)n1C. The van der Waals surface area contributed by atoms with E-state index in [0.717, 1.165) is 40.2 Å². The fourth-order valence-corrected chi connectivity index (χ4v) is 6.15. The van der Waals surface area contributed by atoms with Crippen molar-refractivity contribution in [3.8, 4) is 5.69 Å². The number of anilines is 1. The van der Waals surface area contributed by atoms with Crippen LogP contribution in [-0.2, 0) is 24.7 Å². The highest BCUT2D eigenvalue weighted by Gasteiger charge is 2.22. The number of thiophene rings is 1. The van der Waals surface area contributed by atoms with Crippen LogP contribution in [0, 0.1) is 6.92 Å². The number of thioether (sulfide) groups is 1. The molecule has 1 amide bonds. The standard InChI is InChI=1S/C22H21N5O2S2/c1-13-19(22(29)27(26(13)2)14-7-4-3-5-8-14)25-17(28)11-30-20-18-15-9-6-10-16(15)31-21(18)24-12-23-20/h3-5,7-8,12H,6,9-11H2,1-2H3,(H,25,28).